The van der Waals surface area contributed by atoms with Crippen molar-refractivity contribution in [3.05, 3.63) is 0 Å². The van der Waals surface area contributed by atoms with E-state index in [4.69, 9.17) is 0 Å². The van der Waals surface area contributed by atoms with Gasteiger partial charge in [0.1, 0.15) is 0 Å². The SMILES string of the molecule is CCCCCCCCCCCCCCCCCCC(O)C(CO)=NC(=O)CCCCCCCCCCCCCCCCC. The number of aliphatic hydroxyl groups is 2. The lowest BCUT2D eigenvalue weighted by molar-refractivity contribution is -0.118. The summed E-state index contributed by atoms with van der Waals surface area (Å²) in [6, 6.07) is 0. The average Bonchev–Trinajstić information content (AvgIpc) is 3.01. The minimum absolute atomic E-state index is 0.190. The highest BCUT2D eigenvalue weighted by molar-refractivity contribution is 5.98. The van der Waals surface area contributed by atoms with Gasteiger partial charge in [0.15, 0.2) is 0 Å². The van der Waals surface area contributed by atoms with E-state index in [2.05, 4.69) is 18.8 Å². The van der Waals surface area contributed by atoms with Crippen LogP contribution in [0, 0.1) is 0 Å². The minimum Gasteiger partial charge on any atom is -0.390 e. The monoisotopic (exact) mass is 608 g/mol. The second-order valence-electron chi connectivity index (χ2n) is 13.5. The fourth-order valence-electron chi connectivity index (χ4n) is 6.13. The normalized spacial score (nSPS) is 12.7. The van der Waals surface area contributed by atoms with Crippen LogP contribution in [0.15, 0.2) is 4.99 Å². The van der Waals surface area contributed by atoms with Crippen molar-refractivity contribution in [3.63, 3.8) is 0 Å². The van der Waals surface area contributed by atoms with Crippen LogP contribution in [-0.2, 0) is 4.79 Å². The Hall–Kier alpha value is -0.740. The second-order valence-corrected chi connectivity index (χ2v) is 13.5. The topological polar surface area (TPSA) is 69.9 Å². The Kier molecular flexibility index (Phi) is 35.1. The van der Waals surface area contributed by atoms with Crippen LogP contribution in [0.5, 0.6) is 0 Å². The summed E-state index contributed by atoms with van der Waals surface area (Å²) in [5.41, 5.74) is 0.256. The molecule has 0 aliphatic heterocycles. The molecule has 0 spiro atoms. The summed E-state index contributed by atoms with van der Waals surface area (Å²) in [7, 11) is 0. The van der Waals surface area contributed by atoms with Gasteiger partial charge in [-0.15, -0.1) is 0 Å². The van der Waals surface area contributed by atoms with Crippen molar-refractivity contribution >= 4 is 11.6 Å². The molecular formula is C39H77NO3. The maximum atomic E-state index is 12.3. The highest BCUT2D eigenvalue weighted by atomic mass is 16.3. The van der Waals surface area contributed by atoms with Gasteiger partial charge < -0.3 is 10.2 Å². The molecule has 0 saturated heterocycles. The molecule has 43 heavy (non-hydrogen) atoms. The molecule has 1 unspecified atom stereocenters. The summed E-state index contributed by atoms with van der Waals surface area (Å²) >= 11 is 0. The van der Waals surface area contributed by atoms with Crippen molar-refractivity contribution in [2.75, 3.05) is 6.61 Å². The van der Waals surface area contributed by atoms with Gasteiger partial charge >= 0.3 is 0 Å². The first-order chi connectivity index (χ1) is 21.2. The zero-order chi connectivity index (χ0) is 31.5. The van der Waals surface area contributed by atoms with Gasteiger partial charge in [-0.1, -0.05) is 206 Å². The van der Waals surface area contributed by atoms with Gasteiger partial charge in [0.2, 0.25) is 5.91 Å². The lowest BCUT2D eigenvalue weighted by atomic mass is 10.0. The minimum atomic E-state index is -0.790. The van der Waals surface area contributed by atoms with Crippen molar-refractivity contribution < 1.29 is 15.0 Å². The molecule has 0 radical (unpaired) electrons. The number of nitrogens with zero attached hydrogens (tertiary/aromatic N) is 1. The van der Waals surface area contributed by atoms with Gasteiger partial charge in [-0.3, -0.25) is 4.79 Å². The lowest BCUT2D eigenvalue weighted by Gasteiger charge is -2.11. The molecular weight excluding hydrogens is 530 g/mol. The number of unbranched alkanes of at least 4 members (excludes halogenated alkanes) is 29. The van der Waals surface area contributed by atoms with Crippen molar-refractivity contribution in [2.45, 2.75) is 232 Å². The van der Waals surface area contributed by atoms with Crippen LogP contribution in [0.4, 0.5) is 0 Å². The Labute approximate surface area is 269 Å². The number of hydrogen-bond donors (Lipinski definition) is 2. The predicted molar refractivity (Wildman–Crippen MR) is 189 cm³/mol. The molecule has 1 amide bonds. The summed E-state index contributed by atoms with van der Waals surface area (Å²) in [6.07, 6.45) is 41.0. The van der Waals surface area contributed by atoms with Gasteiger partial charge in [0, 0.05) is 6.42 Å². The molecule has 1 atom stereocenters. The summed E-state index contributed by atoms with van der Waals surface area (Å²) in [4.78, 5) is 16.3. The molecule has 0 saturated carbocycles. The first kappa shape index (κ1) is 42.3. The zero-order valence-electron chi connectivity index (χ0n) is 29.4. The molecule has 0 aliphatic rings. The lowest BCUT2D eigenvalue weighted by Crippen LogP contribution is -2.25. The number of aliphatic imine (C=N–C) groups is 1. The van der Waals surface area contributed by atoms with Crippen LogP contribution in [0.2, 0.25) is 0 Å². The average molecular weight is 608 g/mol. The first-order valence-corrected chi connectivity index (χ1v) is 19.5. The van der Waals surface area contributed by atoms with E-state index in [9.17, 15) is 15.0 Å². The number of aliphatic hydroxyl groups excluding tert-OH is 2. The number of hydrogen-bond acceptors (Lipinski definition) is 3. The Morgan fingerprint density at radius 2 is 0.744 bits per heavy atom. The second kappa shape index (κ2) is 35.7. The Morgan fingerprint density at radius 3 is 1.05 bits per heavy atom. The molecule has 2 N–H and O–H groups in total. The summed E-state index contributed by atoms with van der Waals surface area (Å²) in [6.45, 7) is 4.23. The fourth-order valence-corrected chi connectivity index (χ4v) is 6.13. The van der Waals surface area contributed by atoms with Crippen molar-refractivity contribution in [2.24, 2.45) is 4.99 Å². The largest absolute Gasteiger partial charge is 0.390 e. The van der Waals surface area contributed by atoms with Gasteiger partial charge in [0.05, 0.1) is 18.4 Å². The van der Waals surface area contributed by atoms with Crippen LogP contribution >= 0.6 is 0 Å². The third-order valence-electron chi connectivity index (χ3n) is 9.14. The fraction of sp³-hybridized carbons (Fsp3) is 0.949. The van der Waals surface area contributed by atoms with Crippen LogP contribution in [0.1, 0.15) is 226 Å². The Morgan fingerprint density at radius 1 is 0.465 bits per heavy atom. The third kappa shape index (κ3) is 32.5. The highest BCUT2D eigenvalue weighted by Crippen LogP contribution is 2.16. The molecule has 4 heteroatoms. The van der Waals surface area contributed by atoms with Crippen LogP contribution in [-0.4, -0.2) is 34.5 Å². The standard InChI is InChI=1S/C39H77NO3/c1-3-5-7-9-11-13-15-17-19-21-22-24-26-28-30-32-34-38(42)37(36-41)40-39(43)35-33-31-29-27-25-23-20-18-16-14-12-10-8-6-4-2/h38,41-42H,3-36H2,1-2H3. The Bertz CT molecular complexity index is 591. The molecule has 256 valence electrons. The molecule has 0 aromatic carbocycles. The van der Waals surface area contributed by atoms with E-state index in [0.29, 0.717) is 12.8 Å². The van der Waals surface area contributed by atoms with E-state index < -0.39 is 6.10 Å². The van der Waals surface area contributed by atoms with E-state index >= 15 is 0 Å². The van der Waals surface area contributed by atoms with E-state index in [0.717, 1.165) is 25.7 Å². The van der Waals surface area contributed by atoms with E-state index in [1.54, 1.807) is 0 Å². The summed E-state index contributed by atoms with van der Waals surface area (Å²) < 4.78 is 0. The predicted octanol–water partition coefficient (Wildman–Crippen LogP) is 12.2. The zero-order valence-corrected chi connectivity index (χ0v) is 29.4. The van der Waals surface area contributed by atoms with E-state index in [1.165, 1.54) is 173 Å². The van der Waals surface area contributed by atoms with Crippen LogP contribution in [0.25, 0.3) is 0 Å². The number of carbonyl (C=O) groups excluding carboxylic acids is 1. The van der Waals surface area contributed by atoms with Crippen molar-refractivity contribution in [1.29, 1.82) is 0 Å². The summed E-state index contributed by atoms with van der Waals surface area (Å²) in [5.74, 6) is -0.190. The molecule has 0 aliphatic carbocycles. The van der Waals surface area contributed by atoms with Gasteiger partial charge in [-0.25, -0.2) is 4.99 Å². The van der Waals surface area contributed by atoms with Crippen molar-refractivity contribution in [1.82, 2.24) is 0 Å². The molecule has 0 fully saturated rings. The number of amides is 1. The number of rotatable bonds is 35. The quantitative estimate of drug-likeness (QED) is 0.0556. The van der Waals surface area contributed by atoms with Gasteiger partial charge in [-0.2, -0.15) is 0 Å². The van der Waals surface area contributed by atoms with Crippen molar-refractivity contribution in [3.8, 4) is 0 Å². The smallest absolute Gasteiger partial charge is 0.245 e. The maximum Gasteiger partial charge on any atom is 0.245 e. The van der Waals surface area contributed by atoms with E-state index in [1.807, 2.05) is 0 Å². The molecule has 0 heterocycles. The molecule has 0 rings (SSSR count). The Balaban J connectivity index is 3.58. The molecule has 4 nitrogen and oxygen atoms in total. The highest BCUT2D eigenvalue weighted by Gasteiger charge is 2.13. The molecule has 0 aromatic rings. The first-order valence-electron chi connectivity index (χ1n) is 19.5. The molecule has 0 bridgehead atoms. The van der Waals surface area contributed by atoms with Crippen LogP contribution in [0.3, 0.4) is 0 Å². The number of carbonyl (C=O) groups is 1. The summed E-state index contributed by atoms with van der Waals surface area (Å²) in [5, 5.41) is 20.1. The third-order valence-corrected chi connectivity index (χ3v) is 9.14. The van der Waals surface area contributed by atoms with Crippen LogP contribution < -0.4 is 0 Å². The molecule has 0 aromatic heterocycles. The maximum absolute atomic E-state index is 12.3. The van der Waals surface area contributed by atoms with Gasteiger partial charge in [0.25, 0.3) is 0 Å². The van der Waals surface area contributed by atoms with Gasteiger partial charge in [-0.05, 0) is 12.8 Å². The van der Waals surface area contributed by atoms with E-state index in [-0.39, 0.29) is 18.2 Å².